The average molecular weight is 366 g/mol. The van der Waals surface area contributed by atoms with Gasteiger partial charge in [-0.1, -0.05) is 6.07 Å². The van der Waals surface area contributed by atoms with E-state index in [-0.39, 0.29) is 5.91 Å². The predicted molar refractivity (Wildman–Crippen MR) is 85.6 cm³/mol. The van der Waals surface area contributed by atoms with Crippen LogP contribution in [-0.4, -0.2) is 10.9 Å². The van der Waals surface area contributed by atoms with Crippen molar-refractivity contribution in [2.75, 3.05) is 5.32 Å². The first kappa shape index (κ1) is 14.0. The van der Waals surface area contributed by atoms with Crippen LogP contribution in [0.25, 0.3) is 0 Å². The van der Waals surface area contributed by atoms with Gasteiger partial charge in [0.2, 0.25) is 0 Å². The lowest BCUT2D eigenvalue weighted by Gasteiger charge is -2.07. The van der Waals surface area contributed by atoms with Crippen molar-refractivity contribution in [2.24, 2.45) is 0 Å². The normalized spacial score (nSPS) is 10.3. The lowest BCUT2D eigenvalue weighted by Crippen LogP contribution is -2.13. The fourth-order valence-corrected chi connectivity index (χ4v) is 1.99. The Balaban J connectivity index is 2.20. The molecule has 0 unspecified atom stereocenters. The Morgan fingerprint density at radius 2 is 1.84 bits per heavy atom. The highest BCUT2D eigenvalue weighted by atomic mass is 127. The molecule has 0 aliphatic carbocycles. The lowest BCUT2D eigenvalue weighted by atomic mass is 10.1. The van der Waals surface area contributed by atoms with Gasteiger partial charge < -0.3 is 5.32 Å². The van der Waals surface area contributed by atoms with Crippen LogP contribution in [0.15, 0.2) is 30.3 Å². The molecule has 0 saturated carbocycles. The van der Waals surface area contributed by atoms with Crippen LogP contribution in [-0.2, 0) is 0 Å². The number of hydrogen-bond acceptors (Lipinski definition) is 2. The number of nitrogens with zero attached hydrogens (tertiary/aromatic N) is 1. The molecule has 4 heteroatoms. The zero-order valence-electron chi connectivity index (χ0n) is 11.1. The van der Waals surface area contributed by atoms with Crippen LogP contribution in [0.2, 0.25) is 0 Å². The number of halogens is 1. The third-order valence-electron chi connectivity index (χ3n) is 3.03. The molecule has 1 aromatic heterocycles. The number of rotatable bonds is 2. The Bertz CT molecular complexity index is 638. The molecule has 1 heterocycles. The van der Waals surface area contributed by atoms with Crippen molar-refractivity contribution in [1.29, 1.82) is 0 Å². The summed E-state index contributed by atoms with van der Waals surface area (Å²) < 4.78 is 1.08. The van der Waals surface area contributed by atoms with E-state index < -0.39 is 0 Å². The molecule has 3 nitrogen and oxygen atoms in total. The first-order valence-corrected chi connectivity index (χ1v) is 7.07. The van der Waals surface area contributed by atoms with Crippen molar-refractivity contribution in [1.82, 2.24) is 4.98 Å². The van der Waals surface area contributed by atoms with E-state index in [0.717, 1.165) is 14.8 Å². The summed E-state index contributed by atoms with van der Waals surface area (Å²) in [6.45, 7) is 5.95. The van der Waals surface area contributed by atoms with E-state index >= 15 is 0 Å². The quantitative estimate of drug-likeness (QED) is 0.821. The summed E-state index contributed by atoms with van der Waals surface area (Å²) in [4.78, 5) is 16.5. The lowest BCUT2D eigenvalue weighted by molar-refractivity contribution is 0.102. The summed E-state index contributed by atoms with van der Waals surface area (Å²) in [5, 5.41) is 2.82. The fraction of sp³-hybridized carbons (Fsp3) is 0.200. The molecule has 0 bridgehead atoms. The molecule has 98 valence electrons. The zero-order valence-corrected chi connectivity index (χ0v) is 13.3. The molecule has 0 spiro atoms. The maximum absolute atomic E-state index is 12.1. The summed E-state index contributed by atoms with van der Waals surface area (Å²) >= 11 is 2.22. The average Bonchev–Trinajstić information content (AvgIpc) is 2.37. The summed E-state index contributed by atoms with van der Waals surface area (Å²) in [5.74, 6) is 0.456. The van der Waals surface area contributed by atoms with Crippen molar-refractivity contribution in [2.45, 2.75) is 20.8 Å². The number of carbonyl (C=O) groups is 1. The molecule has 0 atom stereocenters. The van der Waals surface area contributed by atoms with Crippen LogP contribution in [0, 0.1) is 24.3 Å². The SMILES string of the molecule is Cc1ccc(C(=O)Nc2ccc(I)c(C)n2)cc1C. The largest absolute Gasteiger partial charge is 0.307 e. The van der Waals surface area contributed by atoms with Gasteiger partial charge in [0.05, 0.1) is 5.69 Å². The van der Waals surface area contributed by atoms with Gasteiger partial charge in [0, 0.05) is 9.13 Å². The van der Waals surface area contributed by atoms with Crippen molar-refractivity contribution in [3.05, 3.63) is 56.3 Å². The van der Waals surface area contributed by atoms with Gasteiger partial charge in [-0.2, -0.15) is 0 Å². The molecule has 19 heavy (non-hydrogen) atoms. The number of carbonyl (C=O) groups excluding carboxylic acids is 1. The van der Waals surface area contributed by atoms with Crippen LogP contribution in [0.1, 0.15) is 27.2 Å². The molecule has 1 amide bonds. The van der Waals surface area contributed by atoms with Crippen molar-refractivity contribution in [3.63, 3.8) is 0 Å². The van der Waals surface area contributed by atoms with Gasteiger partial charge in [-0.15, -0.1) is 0 Å². The standard InChI is InChI=1S/C15H15IN2O/c1-9-4-5-12(8-10(9)2)15(19)18-14-7-6-13(16)11(3)17-14/h4-8H,1-3H3,(H,17,18,19). The summed E-state index contributed by atoms with van der Waals surface area (Å²) in [7, 11) is 0. The Kier molecular flexibility index (Phi) is 4.19. The molecule has 0 fully saturated rings. The number of amides is 1. The third kappa shape index (κ3) is 3.32. The zero-order chi connectivity index (χ0) is 14.0. The van der Waals surface area contributed by atoms with E-state index in [1.165, 1.54) is 5.56 Å². The Morgan fingerprint density at radius 3 is 2.47 bits per heavy atom. The number of pyridine rings is 1. The highest BCUT2D eigenvalue weighted by molar-refractivity contribution is 14.1. The van der Waals surface area contributed by atoms with Gasteiger partial charge in [-0.05, 0) is 78.8 Å². The topological polar surface area (TPSA) is 42.0 Å². The monoisotopic (exact) mass is 366 g/mol. The number of aryl methyl sites for hydroxylation is 3. The smallest absolute Gasteiger partial charge is 0.256 e. The number of aromatic nitrogens is 1. The van der Waals surface area contributed by atoms with Crippen LogP contribution in [0.5, 0.6) is 0 Å². The maximum Gasteiger partial charge on any atom is 0.256 e. The first-order valence-electron chi connectivity index (χ1n) is 5.99. The van der Waals surface area contributed by atoms with Gasteiger partial charge >= 0.3 is 0 Å². The second-order valence-corrected chi connectivity index (χ2v) is 5.68. The van der Waals surface area contributed by atoms with Crippen LogP contribution >= 0.6 is 22.6 Å². The minimum absolute atomic E-state index is 0.129. The number of hydrogen-bond donors (Lipinski definition) is 1. The number of nitrogens with one attached hydrogen (secondary N) is 1. The summed E-state index contributed by atoms with van der Waals surface area (Å²) in [5.41, 5.74) is 3.86. The Morgan fingerprint density at radius 1 is 1.11 bits per heavy atom. The minimum atomic E-state index is -0.129. The van der Waals surface area contributed by atoms with E-state index in [4.69, 9.17) is 0 Å². The molecular weight excluding hydrogens is 351 g/mol. The highest BCUT2D eigenvalue weighted by Crippen LogP contribution is 2.15. The minimum Gasteiger partial charge on any atom is -0.307 e. The van der Waals surface area contributed by atoms with Crippen molar-refractivity contribution >= 4 is 34.3 Å². The van der Waals surface area contributed by atoms with E-state index in [1.54, 1.807) is 0 Å². The maximum atomic E-state index is 12.1. The third-order valence-corrected chi connectivity index (χ3v) is 4.17. The van der Waals surface area contributed by atoms with Crippen LogP contribution in [0.3, 0.4) is 0 Å². The van der Waals surface area contributed by atoms with Crippen molar-refractivity contribution < 1.29 is 4.79 Å². The van der Waals surface area contributed by atoms with Crippen molar-refractivity contribution in [3.8, 4) is 0 Å². The summed E-state index contributed by atoms with van der Waals surface area (Å²) in [6.07, 6.45) is 0. The molecule has 0 aliphatic heterocycles. The number of anilines is 1. The molecule has 0 aliphatic rings. The second-order valence-electron chi connectivity index (χ2n) is 4.52. The van der Waals surface area contributed by atoms with E-state index in [2.05, 4.69) is 32.9 Å². The Labute approximate surface area is 126 Å². The molecule has 0 saturated heterocycles. The molecule has 2 rings (SSSR count). The molecule has 2 aromatic rings. The fourth-order valence-electron chi connectivity index (χ4n) is 1.68. The van der Waals surface area contributed by atoms with Crippen LogP contribution in [0.4, 0.5) is 5.82 Å². The first-order chi connectivity index (χ1) is 8.97. The molecule has 0 radical (unpaired) electrons. The van der Waals surface area contributed by atoms with E-state index in [1.807, 2.05) is 51.1 Å². The molecule has 1 aromatic carbocycles. The van der Waals surface area contributed by atoms with E-state index in [9.17, 15) is 4.79 Å². The van der Waals surface area contributed by atoms with Crippen LogP contribution < -0.4 is 5.32 Å². The summed E-state index contributed by atoms with van der Waals surface area (Å²) in [6, 6.07) is 9.44. The number of benzene rings is 1. The van der Waals surface area contributed by atoms with Gasteiger partial charge in [0.15, 0.2) is 0 Å². The highest BCUT2D eigenvalue weighted by Gasteiger charge is 2.08. The molecular formula is C15H15IN2O. The molecule has 1 N–H and O–H groups in total. The van der Waals surface area contributed by atoms with Gasteiger partial charge in [0.1, 0.15) is 5.82 Å². The van der Waals surface area contributed by atoms with Gasteiger partial charge in [-0.3, -0.25) is 4.79 Å². The van der Waals surface area contributed by atoms with Gasteiger partial charge in [-0.25, -0.2) is 4.98 Å². The Hall–Kier alpha value is -1.43. The predicted octanol–water partition coefficient (Wildman–Crippen LogP) is 3.86. The van der Waals surface area contributed by atoms with Gasteiger partial charge in [0.25, 0.3) is 5.91 Å². The van der Waals surface area contributed by atoms with E-state index in [0.29, 0.717) is 11.4 Å². The second kappa shape index (κ2) is 5.69.